The molecule has 0 N–H and O–H groups in total. The average molecular weight is 377 g/mol. The average Bonchev–Trinajstić information content (AvgIpc) is 2.47. The standard InChI is InChI=1S/C6H5F10NO.C3H6F2/c1-18-6(14,15)4(10,11)5(12,13)17(16)3(8,9)2-7;4-2-1-3-5/h2H2,1H3;1-3H2. The van der Waals surface area contributed by atoms with Gasteiger partial charge in [0.2, 0.25) is 0 Å². The summed E-state index contributed by atoms with van der Waals surface area (Å²) in [5, 5.41) is -3.27. The maximum atomic E-state index is 12.6. The van der Waals surface area contributed by atoms with Gasteiger partial charge in [-0.25, -0.2) is 4.39 Å². The van der Waals surface area contributed by atoms with Crippen LogP contribution in [0.1, 0.15) is 6.42 Å². The van der Waals surface area contributed by atoms with Crippen molar-refractivity contribution in [2.24, 2.45) is 0 Å². The number of nitrogens with zero attached hydrogens (tertiary/aromatic N) is 1. The molecule has 0 atom stereocenters. The fourth-order valence-corrected chi connectivity index (χ4v) is 0.735. The van der Waals surface area contributed by atoms with Crippen LogP contribution < -0.4 is 0 Å². The van der Waals surface area contributed by atoms with Gasteiger partial charge in [-0.15, -0.1) is 4.48 Å². The first-order valence-corrected chi connectivity index (χ1v) is 5.40. The molecule has 0 heterocycles. The van der Waals surface area contributed by atoms with Crippen molar-refractivity contribution in [1.29, 1.82) is 0 Å². The zero-order valence-corrected chi connectivity index (χ0v) is 11.2. The van der Waals surface area contributed by atoms with E-state index in [0.29, 0.717) is 0 Å². The van der Waals surface area contributed by atoms with E-state index in [1.807, 2.05) is 0 Å². The molecule has 0 aliphatic rings. The van der Waals surface area contributed by atoms with Gasteiger partial charge in [-0.3, -0.25) is 8.78 Å². The summed E-state index contributed by atoms with van der Waals surface area (Å²) in [6, 6.07) is -12.4. The molecule has 0 fully saturated rings. The summed E-state index contributed by atoms with van der Waals surface area (Å²) >= 11 is 0. The van der Waals surface area contributed by atoms with E-state index in [-0.39, 0.29) is 13.5 Å². The highest BCUT2D eigenvalue weighted by atomic mass is 19.4. The van der Waals surface area contributed by atoms with Crippen LogP contribution in [0.2, 0.25) is 0 Å². The largest absolute Gasteiger partial charge is 0.427 e. The predicted molar refractivity (Wildman–Crippen MR) is 52.3 cm³/mol. The van der Waals surface area contributed by atoms with Crippen molar-refractivity contribution in [1.82, 2.24) is 5.12 Å². The molecule has 0 rings (SSSR count). The van der Waals surface area contributed by atoms with Crippen molar-refractivity contribution in [2.45, 2.75) is 30.5 Å². The SMILES string of the molecule is COC(F)(F)C(F)(F)C(F)(F)N(F)C(F)(F)CF.FCCCF. The van der Waals surface area contributed by atoms with Crippen LogP contribution in [0, 0.1) is 0 Å². The highest BCUT2D eigenvalue weighted by Gasteiger charge is 2.78. The summed E-state index contributed by atoms with van der Waals surface area (Å²) in [6.45, 7) is -4.19. The maximum absolute atomic E-state index is 12.6. The van der Waals surface area contributed by atoms with Crippen molar-refractivity contribution in [3.63, 3.8) is 0 Å². The van der Waals surface area contributed by atoms with Crippen LogP contribution in [0.3, 0.4) is 0 Å². The van der Waals surface area contributed by atoms with Gasteiger partial charge in [-0.05, 0) is 5.12 Å². The van der Waals surface area contributed by atoms with Crippen LogP contribution >= 0.6 is 0 Å². The lowest BCUT2D eigenvalue weighted by Gasteiger charge is -2.35. The first-order valence-electron chi connectivity index (χ1n) is 5.40. The molecule has 2 nitrogen and oxygen atoms in total. The lowest BCUT2D eigenvalue weighted by atomic mass is 10.2. The molecule has 0 aromatic rings. The zero-order chi connectivity index (χ0) is 19.1. The molecule has 0 aromatic carbocycles. The summed E-state index contributed by atoms with van der Waals surface area (Å²) in [5.41, 5.74) is 0. The molecule has 142 valence electrons. The van der Waals surface area contributed by atoms with Crippen molar-refractivity contribution in [3.05, 3.63) is 0 Å². The molecule has 23 heavy (non-hydrogen) atoms. The van der Waals surface area contributed by atoms with E-state index >= 15 is 0 Å². The summed E-state index contributed by atoms with van der Waals surface area (Å²) < 4.78 is 147. The van der Waals surface area contributed by atoms with Crippen LogP contribution in [0.15, 0.2) is 0 Å². The molecule has 0 bridgehead atoms. The molecule has 0 saturated carbocycles. The van der Waals surface area contributed by atoms with Gasteiger partial charge in [-0.1, -0.05) is 0 Å². The Morgan fingerprint density at radius 3 is 1.43 bits per heavy atom. The minimum absolute atomic E-state index is 0.0556. The number of methoxy groups -OCH3 is 1. The fourth-order valence-electron chi connectivity index (χ4n) is 0.735. The third-order valence-corrected chi connectivity index (χ3v) is 1.96. The van der Waals surface area contributed by atoms with E-state index in [9.17, 15) is 52.8 Å². The topological polar surface area (TPSA) is 12.5 Å². The van der Waals surface area contributed by atoms with Crippen LogP contribution in [0.25, 0.3) is 0 Å². The van der Waals surface area contributed by atoms with Crippen LogP contribution in [0.4, 0.5) is 52.8 Å². The van der Waals surface area contributed by atoms with E-state index in [4.69, 9.17) is 0 Å². The number of rotatable bonds is 8. The molecule has 0 aliphatic heterocycles. The van der Waals surface area contributed by atoms with E-state index in [1.54, 1.807) is 0 Å². The Balaban J connectivity index is 0. The lowest BCUT2D eigenvalue weighted by molar-refractivity contribution is -0.467. The van der Waals surface area contributed by atoms with E-state index in [2.05, 4.69) is 4.74 Å². The number of alkyl halides is 11. The van der Waals surface area contributed by atoms with Crippen molar-refractivity contribution in [2.75, 3.05) is 27.1 Å². The minimum atomic E-state index is -6.71. The van der Waals surface area contributed by atoms with Crippen molar-refractivity contribution < 1.29 is 57.5 Å². The van der Waals surface area contributed by atoms with Gasteiger partial charge in [0.15, 0.2) is 6.67 Å². The van der Waals surface area contributed by atoms with E-state index in [1.165, 1.54) is 0 Å². The number of hydrogen-bond donors (Lipinski definition) is 0. The number of hydrogen-bond acceptors (Lipinski definition) is 2. The van der Waals surface area contributed by atoms with Gasteiger partial charge in [0.25, 0.3) is 0 Å². The Morgan fingerprint density at radius 1 is 0.826 bits per heavy atom. The summed E-state index contributed by atoms with van der Waals surface area (Å²) in [4.78, 5) is 0. The maximum Gasteiger partial charge on any atom is 0.427 e. The molecular weight excluding hydrogens is 366 g/mol. The number of halogens is 12. The molecular formula is C9H11F12NO. The van der Waals surface area contributed by atoms with Gasteiger partial charge in [0.05, 0.1) is 13.3 Å². The van der Waals surface area contributed by atoms with E-state index < -0.39 is 49.3 Å². The third-order valence-electron chi connectivity index (χ3n) is 1.96. The van der Waals surface area contributed by atoms with Gasteiger partial charge >= 0.3 is 24.1 Å². The lowest BCUT2D eigenvalue weighted by Crippen LogP contribution is -2.64. The zero-order valence-electron chi connectivity index (χ0n) is 11.2. The predicted octanol–water partition coefficient (Wildman–Crippen LogP) is 4.52. The fraction of sp³-hybridized carbons (Fsp3) is 1.00. The first kappa shape index (κ1) is 24.3. The Hall–Kier alpha value is -0.920. The minimum Gasteiger partial charge on any atom is -0.319 e. The molecule has 0 amide bonds. The summed E-state index contributed by atoms with van der Waals surface area (Å²) in [5.74, 6) is -6.66. The van der Waals surface area contributed by atoms with Gasteiger partial charge in [-0.2, -0.15) is 35.1 Å². The second kappa shape index (κ2) is 8.80. The smallest absolute Gasteiger partial charge is 0.319 e. The molecule has 0 aromatic heterocycles. The van der Waals surface area contributed by atoms with Gasteiger partial charge in [0, 0.05) is 13.5 Å². The molecule has 0 unspecified atom stereocenters. The van der Waals surface area contributed by atoms with E-state index in [0.717, 1.165) is 0 Å². The summed E-state index contributed by atoms with van der Waals surface area (Å²) in [6.07, 6.45) is -5.90. The first-order chi connectivity index (χ1) is 10.2. The van der Waals surface area contributed by atoms with Crippen LogP contribution in [-0.2, 0) is 4.74 Å². The molecule has 0 spiro atoms. The highest BCUT2D eigenvalue weighted by Crippen LogP contribution is 2.50. The van der Waals surface area contributed by atoms with Gasteiger partial charge in [0.1, 0.15) is 0 Å². The van der Waals surface area contributed by atoms with Crippen LogP contribution in [-0.4, -0.2) is 56.4 Å². The Bertz CT molecular complexity index is 334. The second-order valence-corrected chi connectivity index (χ2v) is 3.65. The Labute approximate surface area is 121 Å². The molecule has 0 aliphatic carbocycles. The molecule has 14 heteroatoms. The van der Waals surface area contributed by atoms with Gasteiger partial charge < -0.3 is 4.74 Å². The van der Waals surface area contributed by atoms with Crippen molar-refractivity contribution >= 4 is 0 Å². The quantitative estimate of drug-likeness (QED) is 0.351. The van der Waals surface area contributed by atoms with Crippen molar-refractivity contribution in [3.8, 4) is 0 Å². The summed E-state index contributed by atoms with van der Waals surface area (Å²) in [7, 11) is -0.139. The monoisotopic (exact) mass is 377 g/mol. The molecule has 0 radical (unpaired) electrons. The normalized spacial score (nSPS) is 13.8. The Kier molecular flexibility index (Phi) is 9.31. The Morgan fingerprint density at radius 2 is 1.22 bits per heavy atom. The highest BCUT2D eigenvalue weighted by molar-refractivity contribution is 4.91. The third kappa shape index (κ3) is 5.58. The molecule has 0 saturated heterocycles. The number of ether oxygens (including phenoxy) is 1. The van der Waals surface area contributed by atoms with Crippen LogP contribution in [0.5, 0.6) is 0 Å². The second-order valence-electron chi connectivity index (χ2n) is 3.65.